The van der Waals surface area contributed by atoms with Crippen molar-refractivity contribution in [3.05, 3.63) is 24.0 Å². The summed E-state index contributed by atoms with van der Waals surface area (Å²) >= 11 is 0. The molecule has 4 nitrogen and oxygen atoms in total. The van der Waals surface area contributed by atoms with E-state index >= 15 is 0 Å². The lowest BCUT2D eigenvalue weighted by molar-refractivity contribution is 0.0719. The molecule has 4 N–H and O–H groups in total. The van der Waals surface area contributed by atoms with Gasteiger partial charge >= 0.3 is 0 Å². The quantitative estimate of drug-likeness (QED) is 0.654. The van der Waals surface area contributed by atoms with E-state index in [4.69, 9.17) is 10.5 Å². The van der Waals surface area contributed by atoms with Crippen molar-refractivity contribution in [2.75, 3.05) is 19.8 Å². The number of hydrogen-bond donors (Lipinski definition) is 3. The Morgan fingerprint density at radius 3 is 3.21 bits per heavy atom. The molecule has 1 aliphatic rings. The first-order valence-corrected chi connectivity index (χ1v) is 5.06. The van der Waals surface area contributed by atoms with E-state index in [0.29, 0.717) is 6.04 Å². The molecular formula is C10H17N3O. The molecule has 0 radical (unpaired) electrons. The zero-order valence-electron chi connectivity index (χ0n) is 8.20. The lowest BCUT2D eigenvalue weighted by Crippen LogP contribution is -2.42. The van der Waals surface area contributed by atoms with Crippen LogP contribution < -0.4 is 11.1 Å². The molecule has 4 heteroatoms. The van der Waals surface area contributed by atoms with Gasteiger partial charge in [0, 0.05) is 30.5 Å². The summed E-state index contributed by atoms with van der Waals surface area (Å²) in [5, 5.41) is 3.39. The number of hydrogen-bond acceptors (Lipinski definition) is 3. The van der Waals surface area contributed by atoms with Gasteiger partial charge in [0.1, 0.15) is 0 Å². The van der Waals surface area contributed by atoms with Crippen LogP contribution in [0.15, 0.2) is 18.3 Å². The molecule has 1 aliphatic heterocycles. The average molecular weight is 195 g/mol. The van der Waals surface area contributed by atoms with E-state index in [1.54, 1.807) is 0 Å². The fourth-order valence-electron chi connectivity index (χ4n) is 1.78. The average Bonchev–Trinajstić information content (AvgIpc) is 2.72. The van der Waals surface area contributed by atoms with Crippen molar-refractivity contribution in [2.24, 2.45) is 5.73 Å². The molecule has 14 heavy (non-hydrogen) atoms. The topological polar surface area (TPSA) is 63.1 Å². The molecule has 0 saturated carbocycles. The minimum absolute atomic E-state index is 0.0733. The van der Waals surface area contributed by atoms with E-state index in [1.165, 1.54) is 0 Å². The van der Waals surface area contributed by atoms with Crippen molar-refractivity contribution in [1.29, 1.82) is 0 Å². The van der Waals surface area contributed by atoms with E-state index in [1.807, 2.05) is 18.3 Å². The lowest BCUT2D eigenvalue weighted by atomic mass is 10.1. The van der Waals surface area contributed by atoms with Crippen LogP contribution >= 0.6 is 0 Å². The summed E-state index contributed by atoms with van der Waals surface area (Å²) < 4.78 is 5.37. The van der Waals surface area contributed by atoms with Crippen LogP contribution in [0.1, 0.15) is 18.2 Å². The molecule has 2 heterocycles. The smallest absolute Gasteiger partial charge is 0.0620 e. The molecule has 0 aliphatic carbocycles. The van der Waals surface area contributed by atoms with Crippen molar-refractivity contribution in [3.63, 3.8) is 0 Å². The van der Waals surface area contributed by atoms with E-state index in [-0.39, 0.29) is 6.04 Å². The predicted molar refractivity (Wildman–Crippen MR) is 54.9 cm³/mol. The number of rotatable bonds is 3. The number of morpholine rings is 1. The number of aromatic nitrogens is 1. The first-order valence-electron chi connectivity index (χ1n) is 5.06. The summed E-state index contributed by atoms with van der Waals surface area (Å²) in [6, 6.07) is 4.46. The molecule has 78 valence electrons. The number of ether oxygens (including phenoxy) is 1. The minimum atomic E-state index is 0.0733. The van der Waals surface area contributed by atoms with Crippen LogP contribution in [-0.4, -0.2) is 30.8 Å². The van der Waals surface area contributed by atoms with Crippen LogP contribution in [0.3, 0.4) is 0 Å². The van der Waals surface area contributed by atoms with Gasteiger partial charge in [-0.05, 0) is 18.6 Å². The fourth-order valence-corrected chi connectivity index (χ4v) is 1.78. The second-order valence-corrected chi connectivity index (χ2v) is 3.69. The van der Waals surface area contributed by atoms with Crippen molar-refractivity contribution in [1.82, 2.24) is 10.3 Å². The molecule has 0 bridgehead atoms. The Bertz CT molecular complexity index is 254. The van der Waals surface area contributed by atoms with Crippen LogP contribution in [0.4, 0.5) is 0 Å². The molecule has 2 rings (SSSR count). The third-order valence-electron chi connectivity index (χ3n) is 2.56. The Labute approximate surface area is 83.8 Å². The minimum Gasteiger partial charge on any atom is -0.379 e. The lowest BCUT2D eigenvalue weighted by Gasteiger charge is -2.25. The Hall–Kier alpha value is -0.840. The maximum Gasteiger partial charge on any atom is 0.0620 e. The summed E-state index contributed by atoms with van der Waals surface area (Å²) in [4.78, 5) is 3.13. The number of nitrogens with two attached hydrogens (primary N) is 1. The Kier molecular flexibility index (Phi) is 3.18. The number of aromatic amines is 1. The Morgan fingerprint density at radius 1 is 1.64 bits per heavy atom. The van der Waals surface area contributed by atoms with Crippen LogP contribution in [0.2, 0.25) is 0 Å². The van der Waals surface area contributed by atoms with Crippen LogP contribution in [0.5, 0.6) is 0 Å². The van der Waals surface area contributed by atoms with Crippen LogP contribution in [0.25, 0.3) is 0 Å². The highest BCUT2D eigenvalue weighted by atomic mass is 16.5. The second-order valence-electron chi connectivity index (χ2n) is 3.69. The van der Waals surface area contributed by atoms with E-state index < -0.39 is 0 Å². The van der Waals surface area contributed by atoms with Crippen LogP contribution in [0, 0.1) is 0 Å². The molecule has 0 spiro atoms. The molecule has 1 aromatic rings. The molecule has 1 fully saturated rings. The van der Waals surface area contributed by atoms with Crippen LogP contribution in [-0.2, 0) is 4.74 Å². The SMILES string of the molecule is NC(CC1COCCN1)c1ccc[nH]1. The van der Waals surface area contributed by atoms with Gasteiger partial charge in [0.15, 0.2) is 0 Å². The van der Waals surface area contributed by atoms with E-state index in [9.17, 15) is 0 Å². The van der Waals surface area contributed by atoms with Gasteiger partial charge in [-0.3, -0.25) is 0 Å². The third kappa shape index (κ3) is 2.35. The molecule has 0 aromatic carbocycles. The molecule has 1 aromatic heterocycles. The maximum atomic E-state index is 6.04. The summed E-state index contributed by atoms with van der Waals surface area (Å²) in [5.41, 5.74) is 7.14. The molecule has 1 saturated heterocycles. The van der Waals surface area contributed by atoms with E-state index in [0.717, 1.165) is 31.9 Å². The Balaban J connectivity index is 1.84. The summed E-state index contributed by atoms with van der Waals surface area (Å²) in [6.07, 6.45) is 2.82. The highest BCUT2D eigenvalue weighted by molar-refractivity contribution is 5.08. The van der Waals surface area contributed by atoms with Crippen molar-refractivity contribution >= 4 is 0 Å². The molecule has 0 amide bonds. The largest absolute Gasteiger partial charge is 0.379 e. The molecular weight excluding hydrogens is 178 g/mol. The van der Waals surface area contributed by atoms with Gasteiger partial charge in [0.05, 0.1) is 13.2 Å². The summed E-state index contributed by atoms with van der Waals surface area (Å²) in [7, 11) is 0. The van der Waals surface area contributed by atoms with Crippen molar-refractivity contribution < 1.29 is 4.74 Å². The predicted octanol–water partition coefficient (Wildman–Crippen LogP) is 0.393. The zero-order chi connectivity index (χ0) is 9.80. The van der Waals surface area contributed by atoms with Gasteiger partial charge in [-0.1, -0.05) is 0 Å². The number of nitrogens with one attached hydrogen (secondary N) is 2. The first kappa shape index (κ1) is 9.71. The number of H-pyrrole nitrogens is 1. The second kappa shape index (κ2) is 4.59. The fraction of sp³-hybridized carbons (Fsp3) is 0.600. The monoisotopic (exact) mass is 195 g/mol. The zero-order valence-corrected chi connectivity index (χ0v) is 8.20. The van der Waals surface area contributed by atoms with Gasteiger partial charge in [-0.15, -0.1) is 0 Å². The first-order chi connectivity index (χ1) is 6.86. The van der Waals surface area contributed by atoms with Gasteiger partial charge < -0.3 is 20.8 Å². The summed E-state index contributed by atoms with van der Waals surface area (Å²) in [6.45, 7) is 2.52. The van der Waals surface area contributed by atoms with Crippen molar-refractivity contribution in [3.8, 4) is 0 Å². The normalized spacial score (nSPS) is 24.8. The highest BCUT2D eigenvalue weighted by Crippen LogP contribution is 2.14. The van der Waals surface area contributed by atoms with Gasteiger partial charge in [-0.2, -0.15) is 0 Å². The Morgan fingerprint density at radius 2 is 2.57 bits per heavy atom. The maximum absolute atomic E-state index is 6.04. The third-order valence-corrected chi connectivity index (χ3v) is 2.56. The standard InChI is InChI=1S/C10H17N3O/c11-9(10-2-1-3-13-10)6-8-7-14-5-4-12-8/h1-3,8-9,12-13H,4-7,11H2. The van der Waals surface area contributed by atoms with E-state index in [2.05, 4.69) is 10.3 Å². The molecule has 2 unspecified atom stereocenters. The van der Waals surface area contributed by atoms with Crippen molar-refractivity contribution in [2.45, 2.75) is 18.5 Å². The summed E-state index contributed by atoms with van der Waals surface area (Å²) in [5.74, 6) is 0. The highest BCUT2D eigenvalue weighted by Gasteiger charge is 2.17. The van der Waals surface area contributed by atoms with Gasteiger partial charge in [-0.25, -0.2) is 0 Å². The molecule has 2 atom stereocenters. The van der Waals surface area contributed by atoms with Gasteiger partial charge in [0.2, 0.25) is 0 Å². The van der Waals surface area contributed by atoms with Gasteiger partial charge in [0.25, 0.3) is 0 Å².